The fourth-order valence-electron chi connectivity index (χ4n) is 2.48. The standard InChI is InChI=1S/C19H18Br2Cl2O/c20-17-11-13(3-1-9-22)5-7-15(17)19(24)16-8-6-14(4-2-10-23)12-18(16)21/h5-8,11-12H,1-4,9-10H2. The number of carbonyl (C=O) groups excluding carboxylic acids is 1. The minimum absolute atomic E-state index is 0.00142. The summed E-state index contributed by atoms with van der Waals surface area (Å²) in [6.07, 6.45) is 3.68. The Morgan fingerprint density at radius 1 is 0.792 bits per heavy atom. The van der Waals surface area contributed by atoms with Gasteiger partial charge in [0.25, 0.3) is 0 Å². The molecule has 1 nitrogen and oxygen atoms in total. The SMILES string of the molecule is O=C(c1ccc(CCCCl)cc1Br)c1ccc(CCCCl)cc1Br. The Morgan fingerprint density at radius 3 is 1.54 bits per heavy atom. The summed E-state index contributed by atoms with van der Waals surface area (Å²) in [5, 5.41) is 0. The van der Waals surface area contributed by atoms with E-state index < -0.39 is 0 Å². The highest BCUT2D eigenvalue weighted by atomic mass is 79.9. The van der Waals surface area contributed by atoms with Crippen LogP contribution in [0.3, 0.4) is 0 Å². The number of carbonyl (C=O) groups is 1. The minimum atomic E-state index is 0.00142. The van der Waals surface area contributed by atoms with Gasteiger partial charge < -0.3 is 0 Å². The van der Waals surface area contributed by atoms with E-state index >= 15 is 0 Å². The number of ketones is 1. The third-order valence-corrected chi connectivity index (χ3v) is 5.60. The second-order valence-corrected chi connectivity index (χ2v) is 8.01. The molecule has 0 N–H and O–H groups in total. The van der Waals surface area contributed by atoms with Crippen LogP contribution in [0.5, 0.6) is 0 Å². The molecule has 0 fully saturated rings. The van der Waals surface area contributed by atoms with Crippen molar-refractivity contribution in [2.75, 3.05) is 11.8 Å². The maximum atomic E-state index is 12.8. The molecule has 0 atom stereocenters. The number of hydrogen-bond donors (Lipinski definition) is 0. The highest BCUT2D eigenvalue weighted by Crippen LogP contribution is 2.27. The molecule has 128 valence electrons. The van der Waals surface area contributed by atoms with Gasteiger partial charge in [-0.05, 0) is 61.1 Å². The Hall–Kier alpha value is -0.350. The second-order valence-electron chi connectivity index (χ2n) is 5.54. The molecule has 0 radical (unpaired) electrons. The monoisotopic (exact) mass is 490 g/mol. The van der Waals surface area contributed by atoms with Gasteiger partial charge in [-0.2, -0.15) is 0 Å². The van der Waals surface area contributed by atoms with Crippen LogP contribution in [0.15, 0.2) is 45.3 Å². The van der Waals surface area contributed by atoms with Gasteiger partial charge >= 0.3 is 0 Å². The molecule has 0 spiro atoms. The normalized spacial score (nSPS) is 10.8. The first-order chi connectivity index (χ1) is 11.6. The topological polar surface area (TPSA) is 17.1 Å². The van der Waals surface area contributed by atoms with E-state index in [1.54, 1.807) is 0 Å². The fourth-order valence-corrected chi connectivity index (χ4v) is 3.96. The molecule has 5 heteroatoms. The Kier molecular flexibility index (Phi) is 8.29. The maximum absolute atomic E-state index is 12.8. The molecule has 0 aliphatic carbocycles. The summed E-state index contributed by atoms with van der Waals surface area (Å²) in [6, 6.07) is 11.7. The molecule has 0 unspecified atom stereocenters. The van der Waals surface area contributed by atoms with Crippen molar-refractivity contribution in [3.63, 3.8) is 0 Å². The first-order valence-electron chi connectivity index (χ1n) is 7.80. The van der Waals surface area contributed by atoms with E-state index in [1.807, 2.05) is 36.4 Å². The number of hydrogen-bond acceptors (Lipinski definition) is 1. The van der Waals surface area contributed by atoms with E-state index in [0.29, 0.717) is 22.9 Å². The quantitative estimate of drug-likeness (QED) is 0.293. The molecular formula is C19H18Br2Cl2O. The summed E-state index contributed by atoms with van der Waals surface area (Å²) in [6.45, 7) is 0. The highest BCUT2D eigenvalue weighted by Gasteiger charge is 2.16. The molecule has 0 saturated heterocycles. The van der Waals surface area contributed by atoms with Gasteiger partial charge in [0, 0.05) is 31.8 Å². The van der Waals surface area contributed by atoms with E-state index in [0.717, 1.165) is 34.6 Å². The molecule has 0 amide bonds. The largest absolute Gasteiger partial charge is 0.289 e. The molecule has 0 aromatic heterocycles. The lowest BCUT2D eigenvalue weighted by molar-refractivity contribution is 0.103. The lowest BCUT2D eigenvalue weighted by Crippen LogP contribution is -2.04. The van der Waals surface area contributed by atoms with Gasteiger partial charge in [0.2, 0.25) is 0 Å². The summed E-state index contributed by atoms with van der Waals surface area (Å²) < 4.78 is 1.63. The summed E-state index contributed by atoms with van der Waals surface area (Å²) in [4.78, 5) is 12.8. The zero-order valence-corrected chi connectivity index (χ0v) is 17.8. The first-order valence-corrected chi connectivity index (χ1v) is 10.5. The zero-order valence-electron chi connectivity index (χ0n) is 13.1. The fraction of sp³-hybridized carbons (Fsp3) is 0.316. The second kappa shape index (κ2) is 9.96. The number of rotatable bonds is 8. The molecule has 0 aliphatic rings. The molecule has 2 aromatic carbocycles. The molecular weight excluding hydrogens is 475 g/mol. The van der Waals surface area contributed by atoms with Gasteiger partial charge in [0.05, 0.1) is 0 Å². The van der Waals surface area contributed by atoms with Crippen LogP contribution in [0, 0.1) is 0 Å². The van der Waals surface area contributed by atoms with E-state index in [4.69, 9.17) is 23.2 Å². The van der Waals surface area contributed by atoms with Crippen LogP contribution in [0.25, 0.3) is 0 Å². The van der Waals surface area contributed by atoms with Crippen molar-refractivity contribution in [3.8, 4) is 0 Å². The Bertz CT molecular complexity index is 657. The van der Waals surface area contributed by atoms with Crippen molar-refractivity contribution in [2.45, 2.75) is 25.7 Å². The Morgan fingerprint density at radius 2 is 1.21 bits per heavy atom. The molecule has 0 saturated carbocycles. The number of benzene rings is 2. The third kappa shape index (κ3) is 5.32. The van der Waals surface area contributed by atoms with Crippen molar-refractivity contribution < 1.29 is 4.79 Å². The van der Waals surface area contributed by atoms with Gasteiger partial charge in [-0.1, -0.05) is 44.0 Å². The molecule has 0 aliphatic heterocycles. The third-order valence-electron chi connectivity index (χ3n) is 3.75. The molecule has 0 bridgehead atoms. The summed E-state index contributed by atoms with van der Waals surface area (Å²) in [5.41, 5.74) is 3.68. The van der Waals surface area contributed by atoms with Crippen LogP contribution < -0.4 is 0 Å². The summed E-state index contributed by atoms with van der Waals surface area (Å²) >= 11 is 18.5. The number of aryl methyl sites for hydroxylation is 2. The van der Waals surface area contributed by atoms with Crippen LogP contribution in [0.2, 0.25) is 0 Å². The average molecular weight is 493 g/mol. The smallest absolute Gasteiger partial charge is 0.195 e. The van der Waals surface area contributed by atoms with Crippen LogP contribution in [0.1, 0.15) is 39.9 Å². The van der Waals surface area contributed by atoms with Crippen molar-refractivity contribution in [1.82, 2.24) is 0 Å². The summed E-state index contributed by atoms with van der Waals surface area (Å²) in [7, 11) is 0. The van der Waals surface area contributed by atoms with E-state index in [1.165, 1.54) is 11.1 Å². The van der Waals surface area contributed by atoms with Crippen molar-refractivity contribution in [2.24, 2.45) is 0 Å². The van der Waals surface area contributed by atoms with Gasteiger partial charge in [0.1, 0.15) is 0 Å². The number of halogens is 4. The van der Waals surface area contributed by atoms with E-state index in [2.05, 4.69) is 31.9 Å². The van der Waals surface area contributed by atoms with Gasteiger partial charge in [-0.15, -0.1) is 23.2 Å². The van der Waals surface area contributed by atoms with Crippen molar-refractivity contribution >= 4 is 60.8 Å². The van der Waals surface area contributed by atoms with Crippen molar-refractivity contribution in [1.29, 1.82) is 0 Å². The highest BCUT2D eigenvalue weighted by molar-refractivity contribution is 9.11. The number of alkyl halides is 2. The van der Waals surface area contributed by atoms with Gasteiger partial charge in [-0.25, -0.2) is 0 Å². The lowest BCUT2D eigenvalue weighted by Gasteiger charge is -2.09. The van der Waals surface area contributed by atoms with Gasteiger partial charge in [-0.3, -0.25) is 4.79 Å². The zero-order chi connectivity index (χ0) is 17.5. The molecule has 2 rings (SSSR count). The summed E-state index contributed by atoms with van der Waals surface area (Å²) in [5.74, 6) is 1.28. The minimum Gasteiger partial charge on any atom is -0.289 e. The van der Waals surface area contributed by atoms with Crippen molar-refractivity contribution in [3.05, 3.63) is 67.6 Å². The Labute approximate surface area is 170 Å². The van der Waals surface area contributed by atoms with Crippen LogP contribution in [0.4, 0.5) is 0 Å². The average Bonchev–Trinajstić information content (AvgIpc) is 2.57. The molecule has 24 heavy (non-hydrogen) atoms. The van der Waals surface area contributed by atoms with Crippen LogP contribution >= 0.6 is 55.1 Å². The van der Waals surface area contributed by atoms with E-state index in [-0.39, 0.29) is 5.78 Å². The first kappa shape index (κ1) is 20.0. The predicted molar refractivity (Wildman–Crippen MR) is 110 cm³/mol. The molecule has 0 heterocycles. The maximum Gasteiger partial charge on any atom is 0.195 e. The van der Waals surface area contributed by atoms with Crippen LogP contribution in [-0.2, 0) is 12.8 Å². The van der Waals surface area contributed by atoms with E-state index in [9.17, 15) is 4.79 Å². The van der Waals surface area contributed by atoms with Gasteiger partial charge in [0.15, 0.2) is 5.78 Å². The predicted octanol–water partition coefficient (Wildman–Crippen LogP) is 6.79. The lowest BCUT2D eigenvalue weighted by atomic mass is 9.99. The van der Waals surface area contributed by atoms with Crippen LogP contribution in [-0.4, -0.2) is 17.5 Å². The Balaban J connectivity index is 2.22. The molecule has 2 aromatic rings.